The van der Waals surface area contributed by atoms with Crippen LogP contribution in [0.15, 0.2) is 53.9 Å². The molecule has 0 atom stereocenters. The van der Waals surface area contributed by atoms with Crippen LogP contribution in [-0.2, 0) is 0 Å². The van der Waals surface area contributed by atoms with E-state index in [1.807, 2.05) is 24.3 Å². The van der Waals surface area contributed by atoms with Gasteiger partial charge in [-0.1, -0.05) is 6.92 Å². The van der Waals surface area contributed by atoms with Crippen LogP contribution in [0.4, 0.5) is 0 Å². The molecule has 5 heteroatoms. The van der Waals surface area contributed by atoms with Crippen LogP contribution in [0.25, 0.3) is 0 Å². The molecule has 0 aliphatic rings. The van der Waals surface area contributed by atoms with Gasteiger partial charge in [0.2, 0.25) is 0 Å². The molecule has 108 valence electrons. The third kappa shape index (κ3) is 4.72. The standard InChI is InChI=1S/C16H17N3O2/c1-2-10-21-15-7-5-13(6-8-15)11-18-19-16(20)14-4-3-9-17-12-14/h3-9,11-12H,2,10H2,1H3,(H,19,20). The van der Waals surface area contributed by atoms with E-state index >= 15 is 0 Å². The first-order chi connectivity index (χ1) is 10.3. The van der Waals surface area contributed by atoms with Crippen LogP contribution in [0, 0.1) is 0 Å². The van der Waals surface area contributed by atoms with Crippen molar-refractivity contribution < 1.29 is 9.53 Å². The number of pyridine rings is 1. The summed E-state index contributed by atoms with van der Waals surface area (Å²) in [7, 11) is 0. The number of ether oxygens (including phenoxy) is 1. The monoisotopic (exact) mass is 283 g/mol. The minimum atomic E-state index is -0.290. The first-order valence-electron chi connectivity index (χ1n) is 6.76. The Morgan fingerprint density at radius 2 is 2.14 bits per heavy atom. The number of hydrogen-bond acceptors (Lipinski definition) is 4. The fourth-order valence-electron chi connectivity index (χ4n) is 1.60. The summed E-state index contributed by atoms with van der Waals surface area (Å²) >= 11 is 0. The normalized spacial score (nSPS) is 10.5. The van der Waals surface area contributed by atoms with Gasteiger partial charge < -0.3 is 4.74 Å². The molecule has 0 fully saturated rings. The highest BCUT2D eigenvalue weighted by atomic mass is 16.5. The van der Waals surface area contributed by atoms with Gasteiger partial charge in [0, 0.05) is 12.4 Å². The molecule has 0 spiro atoms. The lowest BCUT2D eigenvalue weighted by atomic mass is 10.2. The van der Waals surface area contributed by atoms with Crippen LogP contribution in [-0.4, -0.2) is 23.7 Å². The number of carbonyl (C=O) groups excluding carboxylic acids is 1. The van der Waals surface area contributed by atoms with Crippen LogP contribution in [0.1, 0.15) is 29.3 Å². The van der Waals surface area contributed by atoms with Crippen LogP contribution >= 0.6 is 0 Å². The lowest BCUT2D eigenvalue weighted by Crippen LogP contribution is -2.17. The van der Waals surface area contributed by atoms with Crippen molar-refractivity contribution in [2.45, 2.75) is 13.3 Å². The largest absolute Gasteiger partial charge is 0.494 e. The SMILES string of the molecule is CCCOc1ccc(C=NNC(=O)c2cccnc2)cc1. The van der Waals surface area contributed by atoms with Crippen molar-refractivity contribution in [1.29, 1.82) is 0 Å². The zero-order valence-corrected chi connectivity index (χ0v) is 11.8. The van der Waals surface area contributed by atoms with Crippen molar-refractivity contribution >= 4 is 12.1 Å². The maximum Gasteiger partial charge on any atom is 0.272 e. The second-order valence-electron chi connectivity index (χ2n) is 4.36. The molecule has 2 rings (SSSR count). The number of carbonyl (C=O) groups is 1. The fourth-order valence-corrected chi connectivity index (χ4v) is 1.60. The summed E-state index contributed by atoms with van der Waals surface area (Å²) in [5, 5.41) is 3.92. The maximum atomic E-state index is 11.7. The molecule has 0 bridgehead atoms. The van der Waals surface area contributed by atoms with Crippen molar-refractivity contribution in [1.82, 2.24) is 10.4 Å². The van der Waals surface area contributed by atoms with Crippen molar-refractivity contribution in [2.75, 3.05) is 6.61 Å². The summed E-state index contributed by atoms with van der Waals surface area (Å²) in [6.45, 7) is 2.76. The van der Waals surface area contributed by atoms with E-state index in [1.165, 1.54) is 6.20 Å². The molecule has 2 aromatic rings. The Hall–Kier alpha value is -2.69. The van der Waals surface area contributed by atoms with Gasteiger partial charge in [0.1, 0.15) is 5.75 Å². The number of nitrogens with one attached hydrogen (secondary N) is 1. The van der Waals surface area contributed by atoms with Gasteiger partial charge in [0.15, 0.2) is 0 Å². The molecule has 0 saturated heterocycles. The zero-order chi connectivity index (χ0) is 14.9. The highest BCUT2D eigenvalue weighted by molar-refractivity contribution is 5.94. The number of amides is 1. The van der Waals surface area contributed by atoms with E-state index in [9.17, 15) is 4.79 Å². The summed E-state index contributed by atoms with van der Waals surface area (Å²) in [5.41, 5.74) is 3.81. The summed E-state index contributed by atoms with van der Waals surface area (Å²) in [6, 6.07) is 10.9. The molecule has 1 heterocycles. The van der Waals surface area contributed by atoms with E-state index in [0.29, 0.717) is 12.2 Å². The minimum Gasteiger partial charge on any atom is -0.494 e. The topological polar surface area (TPSA) is 63.6 Å². The highest BCUT2D eigenvalue weighted by Gasteiger charge is 2.02. The van der Waals surface area contributed by atoms with Crippen LogP contribution in [0.2, 0.25) is 0 Å². The minimum absolute atomic E-state index is 0.290. The number of benzene rings is 1. The average Bonchev–Trinajstić information content (AvgIpc) is 2.55. The van der Waals surface area contributed by atoms with Gasteiger partial charge in [-0.15, -0.1) is 0 Å². The molecular weight excluding hydrogens is 266 g/mol. The molecule has 1 N–H and O–H groups in total. The summed E-state index contributed by atoms with van der Waals surface area (Å²) in [5.74, 6) is 0.538. The summed E-state index contributed by atoms with van der Waals surface area (Å²) in [4.78, 5) is 15.6. The maximum absolute atomic E-state index is 11.7. The lowest BCUT2D eigenvalue weighted by molar-refractivity contribution is 0.0955. The quantitative estimate of drug-likeness (QED) is 0.654. The molecule has 0 saturated carbocycles. The molecule has 1 amide bonds. The second kappa shape index (κ2) is 7.79. The molecule has 0 radical (unpaired) electrons. The van der Waals surface area contributed by atoms with Gasteiger partial charge in [0.25, 0.3) is 5.91 Å². The Labute approximate surface area is 123 Å². The number of hydrazone groups is 1. The van der Waals surface area contributed by atoms with Crippen molar-refractivity contribution in [3.63, 3.8) is 0 Å². The smallest absolute Gasteiger partial charge is 0.272 e. The molecule has 1 aromatic carbocycles. The van der Waals surface area contributed by atoms with E-state index in [4.69, 9.17) is 4.74 Å². The highest BCUT2D eigenvalue weighted by Crippen LogP contribution is 2.11. The molecular formula is C16H17N3O2. The van der Waals surface area contributed by atoms with Gasteiger partial charge in [0.05, 0.1) is 18.4 Å². The average molecular weight is 283 g/mol. The molecule has 0 unspecified atom stereocenters. The van der Waals surface area contributed by atoms with E-state index in [1.54, 1.807) is 24.5 Å². The van der Waals surface area contributed by atoms with Gasteiger partial charge >= 0.3 is 0 Å². The number of rotatable bonds is 6. The van der Waals surface area contributed by atoms with E-state index < -0.39 is 0 Å². The van der Waals surface area contributed by atoms with Crippen LogP contribution in [0.5, 0.6) is 5.75 Å². The predicted octanol–water partition coefficient (Wildman–Crippen LogP) is 2.63. The van der Waals surface area contributed by atoms with E-state index in [-0.39, 0.29) is 5.91 Å². The van der Waals surface area contributed by atoms with Crippen molar-refractivity contribution in [3.8, 4) is 5.75 Å². The van der Waals surface area contributed by atoms with Gasteiger partial charge in [-0.2, -0.15) is 5.10 Å². The van der Waals surface area contributed by atoms with Gasteiger partial charge in [-0.3, -0.25) is 9.78 Å². The third-order valence-corrected chi connectivity index (χ3v) is 2.66. The Kier molecular flexibility index (Phi) is 5.46. The Balaban J connectivity index is 1.88. The van der Waals surface area contributed by atoms with Gasteiger partial charge in [-0.05, 0) is 48.4 Å². The number of hydrogen-bond donors (Lipinski definition) is 1. The summed E-state index contributed by atoms with van der Waals surface area (Å²) < 4.78 is 5.49. The first kappa shape index (κ1) is 14.7. The van der Waals surface area contributed by atoms with Crippen LogP contribution < -0.4 is 10.2 Å². The second-order valence-corrected chi connectivity index (χ2v) is 4.36. The van der Waals surface area contributed by atoms with Gasteiger partial charge in [-0.25, -0.2) is 5.43 Å². The number of nitrogens with zero attached hydrogens (tertiary/aromatic N) is 2. The molecule has 5 nitrogen and oxygen atoms in total. The molecule has 0 aliphatic carbocycles. The van der Waals surface area contributed by atoms with E-state index in [2.05, 4.69) is 22.4 Å². The third-order valence-electron chi connectivity index (χ3n) is 2.66. The van der Waals surface area contributed by atoms with Crippen molar-refractivity contribution in [3.05, 3.63) is 59.9 Å². The molecule has 0 aliphatic heterocycles. The summed E-state index contributed by atoms with van der Waals surface area (Å²) in [6.07, 6.45) is 5.66. The van der Waals surface area contributed by atoms with E-state index in [0.717, 1.165) is 17.7 Å². The Morgan fingerprint density at radius 3 is 2.81 bits per heavy atom. The number of aromatic nitrogens is 1. The lowest BCUT2D eigenvalue weighted by Gasteiger charge is -2.03. The Bertz CT molecular complexity index is 595. The Morgan fingerprint density at radius 1 is 1.33 bits per heavy atom. The predicted molar refractivity (Wildman–Crippen MR) is 81.5 cm³/mol. The zero-order valence-electron chi connectivity index (χ0n) is 11.8. The molecule has 21 heavy (non-hydrogen) atoms. The molecule has 1 aromatic heterocycles. The fraction of sp³-hybridized carbons (Fsp3) is 0.188. The van der Waals surface area contributed by atoms with Crippen molar-refractivity contribution in [2.24, 2.45) is 5.10 Å². The first-order valence-corrected chi connectivity index (χ1v) is 6.76. The van der Waals surface area contributed by atoms with Crippen LogP contribution in [0.3, 0.4) is 0 Å².